The number of anilines is 3. The Hall–Kier alpha value is -4.43. The Bertz CT molecular complexity index is 2140. The van der Waals surface area contributed by atoms with Crippen molar-refractivity contribution in [2.45, 2.75) is 45.4 Å². The fourth-order valence-corrected chi connectivity index (χ4v) is 7.59. The second kappa shape index (κ2) is 13.1. The predicted octanol–water partition coefficient (Wildman–Crippen LogP) is 3.24. The van der Waals surface area contributed by atoms with Crippen LogP contribution in [0.25, 0.3) is 22.5 Å². The van der Waals surface area contributed by atoms with Gasteiger partial charge in [0.15, 0.2) is 0 Å². The van der Waals surface area contributed by atoms with Crippen molar-refractivity contribution in [3.63, 3.8) is 0 Å². The maximum absolute atomic E-state index is 13.7. The van der Waals surface area contributed by atoms with Crippen LogP contribution in [0, 0.1) is 5.92 Å². The molecule has 0 amide bonds. The van der Waals surface area contributed by atoms with Crippen LogP contribution in [0.3, 0.4) is 0 Å². The smallest absolute Gasteiger partial charge is 0.280 e. The molecule has 2 aliphatic heterocycles. The molecule has 0 radical (unpaired) electrons. The number of fused-ring (bicyclic) bond motifs is 3. The van der Waals surface area contributed by atoms with Crippen molar-refractivity contribution < 1.29 is 9.84 Å². The fraction of sp³-hybridized carbons (Fsp3) is 0.389. The minimum atomic E-state index is -0.346. The van der Waals surface area contributed by atoms with E-state index in [0.717, 1.165) is 51.4 Å². The summed E-state index contributed by atoms with van der Waals surface area (Å²) in [7, 11) is 1.69. The largest absolute Gasteiger partial charge is 0.392 e. The molecule has 0 spiro atoms. The molecule has 1 aliphatic carbocycles. The lowest BCUT2D eigenvalue weighted by Crippen LogP contribution is -2.59. The molecule has 13 heteroatoms. The summed E-state index contributed by atoms with van der Waals surface area (Å²) in [6.45, 7) is 8.66. The minimum Gasteiger partial charge on any atom is -0.392 e. The van der Waals surface area contributed by atoms with Gasteiger partial charge in [0.2, 0.25) is 0 Å². The van der Waals surface area contributed by atoms with Gasteiger partial charge in [0.25, 0.3) is 11.1 Å². The number of aliphatic hydroxyl groups is 1. The highest BCUT2D eigenvalue weighted by molar-refractivity contribution is 7.59. The normalized spacial score (nSPS) is 19.5. The van der Waals surface area contributed by atoms with E-state index >= 15 is 0 Å². The highest BCUT2D eigenvalue weighted by atomic mass is 32.1. The molecular formula is C36H42N8O4S. The number of ether oxygens (including phenoxy) is 1. The van der Waals surface area contributed by atoms with Gasteiger partial charge in [0, 0.05) is 74.3 Å². The first kappa shape index (κ1) is 33.1. The van der Waals surface area contributed by atoms with Crippen molar-refractivity contribution in [3.8, 4) is 16.9 Å². The number of aromatic nitrogens is 5. The van der Waals surface area contributed by atoms with Gasteiger partial charge < -0.3 is 29.0 Å². The molecule has 8 rings (SSSR count). The monoisotopic (exact) mass is 682 g/mol. The Morgan fingerprint density at radius 1 is 1.02 bits per heavy atom. The number of piperazine rings is 1. The third-order valence-corrected chi connectivity index (χ3v) is 10.2. The first-order valence-electron chi connectivity index (χ1n) is 16.6. The summed E-state index contributed by atoms with van der Waals surface area (Å²) in [5.74, 6) is 1.47. The second-order valence-electron chi connectivity index (χ2n) is 13.5. The third kappa shape index (κ3) is 5.84. The molecule has 0 bridgehead atoms. The molecule has 5 aromatic heterocycles. The summed E-state index contributed by atoms with van der Waals surface area (Å²) in [4.78, 5) is 41.1. The maximum Gasteiger partial charge on any atom is 0.280 e. The Morgan fingerprint density at radius 3 is 2.57 bits per heavy atom. The number of rotatable bonds is 7. The molecule has 2 atom stereocenters. The molecule has 2 saturated heterocycles. The van der Waals surface area contributed by atoms with Gasteiger partial charge in [0.1, 0.15) is 22.8 Å². The topological polar surface area (TPSA) is 122 Å². The van der Waals surface area contributed by atoms with Crippen LogP contribution in [-0.2, 0) is 31.2 Å². The summed E-state index contributed by atoms with van der Waals surface area (Å²) in [5, 5.41) is 13.8. The number of aliphatic hydroxyl groups excluding tert-OH is 1. The number of aryl methyl sites for hydroxylation is 1. The summed E-state index contributed by atoms with van der Waals surface area (Å²) in [5.41, 5.74) is 5.83. The Labute approximate surface area is 291 Å². The van der Waals surface area contributed by atoms with Gasteiger partial charge in [-0.25, -0.2) is 9.97 Å². The van der Waals surface area contributed by atoms with E-state index in [4.69, 9.17) is 4.74 Å². The van der Waals surface area contributed by atoms with Crippen molar-refractivity contribution in [3.05, 3.63) is 98.8 Å². The Kier molecular flexibility index (Phi) is 8.86. The van der Waals surface area contributed by atoms with Gasteiger partial charge >= 0.3 is 0 Å². The zero-order valence-electron chi connectivity index (χ0n) is 28.0. The molecule has 2 fully saturated rings. The fourth-order valence-electron chi connectivity index (χ4n) is 7.59. The number of pyridine rings is 3. The van der Waals surface area contributed by atoms with Crippen LogP contribution in [0.15, 0.2) is 70.9 Å². The van der Waals surface area contributed by atoms with Crippen LogP contribution in [0.2, 0.25) is 0 Å². The minimum absolute atomic E-state index is 0. The molecule has 256 valence electrons. The Morgan fingerprint density at radius 2 is 1.86 bits per heavy atom. The van der Waals surface area contributed by atoms with Crippen LogP contribution in [0.4, 0.5) is 17.2 Å². The summed E-state index contributed by atoms with van der Waals surface area (Å²) >= 11 is 0. The first-order chi connectivity index (χ1) is 23.3. The summed E-state index contributed by atoms with van der Waals surface area (Å²) in [6, 6.07) is 10.3. The van der Waals surface area contributed by atoms with E-state index in [9.17, 15) is 14.7 Å². The van der Waals surface area contributed by atoms with Crippen molar-refractivity contribution in [1.29, 1.82) is 0 Å². The summed E-state index contributed by atoms with van der Waals surface area (Å²) in [6.07, 6.45) is 10.7. The number of nitrogens with one attached hydrogen (secondary N) is 1. The lowest BCUT2D eigenvalue weighted by atomic mass is 10.0. The van der Waals surface area contributed by atoms with E-state index in [1.54, 1.807) is 37.8 Å². The van der Waals surface area contributed by atoms with Gasteiger partial charge in [-0.15, -0.1) is 0 Å². The Balaban J connectivity index is 0.00000378. The van der Waals surface area contributed by atoms with Gasteiger partial charge in [-0.1, -0.05) is 6.92 Å². The van der Waals surface area contributed by atoms with Gasteiger partial charge in [-0.05, 0) is 67.1 Å². The quantitative estimate of drug-likeness (QED) is 0.267. The molecule has 5 aromatic rings. The molecule has 0 aromatic carbocycles. The van der Waals surface area contributed by atoms with E-state index in [-0.39, 0.29) is 31.2 Å². The van der Waals surface area contributed by atoms with Crippen LogP contribution in [0.5, 0.6) is 0 Å². The molecule has 1 unspecified atom stereocenters. The summed E-state index contributed by atoms with van der Waals surface area (Å²) < 4.78 is 10.4. The molecule has 3 aliphatic rings. The van der Waals surface area contributed by atoms with Crippen molar-refractivity contribution in [1.82, 2.24) is 28.4 Å². The zero-order valence-corrected chi connectivity index (χ0v) is 29.0. The average molecular weight is 683 g/mol. The van der Waals surface area contributed by atoms with Crippen LogP contribution in [0.1, 0.15) is 30.7 Å². The molecule has 49 heavy (non-hydrogen) atoms. The highest BCUT2D eigenvalue weighted by Gasteiger charge is 2.32. The molecule has 2 N–H and O–H groups in total. The zero-order chi connectivity index (χ0) is 33.1. The van der Waals surface area contributed by atoms with Gasteiger partial charge in [0.05, 0.1) is 37.7 Å². The predicted molar refractivity (Wildman–Crippen MR) is 195 cm³/mol. The third-order valence-electron chi connectivity index (χ3n) is 10.2. The van der Waals surface area contributed by atoms with Crippen molar-refractivity contribution in [2.75, 3.05) is 43.1 Å². The maximum atomic E-state index is 13.7. The molecule has 0 saturated carbocycles. The van der Waals surface area contributed by atoms with E-state index in [1.165, 1.54) is 20.4 Å². The van der Waals surface area contributed by atoms with Crippen LogP contribution < -0.4 is 21.3 Å². The standard InChI is InChI=1S/C36H40N8O4.H2S/c1-22-12-24-15-32-36(47)44(11-10-43(32)31(24)13-22)34-29(19-45)28(6-7-37-34)25-14-30(35(46)40(3)18-25)39-33-5-4-26(16-38-33)42-9-8-41(17-23(42)2)27-20-48-21-27;/h4-7,10-11,14-16,18,22-23,27,45H,8-9,12-13,17,19-21H2,1-3H3,(H,38,39);1H2/t22?,23-;/m0./s1. The van der Waals surface area contributed by atoms with Gasteiger partial charge in [-0.3, -0.25) is 19.1 Å². The highest BCUT2D eigenvalue weighted by Crippen LogP contribution is 2.31. The van der Waals surface area contributed by atoms with Crippen LogP contribution >= 0.6 is 13.5 Å². The van der Waals surface area contributed by atoms with E-state index in [0.29, 0.717) is 57.5 Å². The second-order valence-corrected chi connectivity index (χ2v) is 13.5. The number of hydrogen-bond donors (Lipinski definition) is 2. The molecule has 12 nitrogen and oxygen atoms in total. The average Bonchev–Trinajstić information content (AvgIpc) is 3.59. The van der Waals surface area contributed by atoms with E-state index in [2.05, 4.69) is 38.9 Å². The molecule has 7 heterocycles. The van der Waals surface area contributed by atoms with Gasteiger partial charge in [-0.2, -0.15) is 13.5 Å². The van der Waals surface area contributed by atoms with Crippen molar-refractivity contribution >= 4 is 36.2 Å². The van der Waals surface area contributed by atoms with E-state index < -0.39 is 0 Å². The van der Waals surface area contributed by atoms with Crippen LogP contribution in [-0.4, -0.2) is 78.4 Å². The lowest BCUT2D eigenvalue weighted by Gasteiger charge is -2.46. The number of hydrogen-bond acceptors (Lipinski definition) is 9. The van der Waals surface area contributed by atoms with E-state index in [1.807, 2.05) is 35.0 Å². The number of nitrogens with zero attached hydrogens (tertiary/aromatic N) is 7. The first-order valence-corrected chi connectivity index (χ1v) is 16.6. The van der Waals surface area contributed by atoms with Crippen molar-refractivity contribution in [2.24, 2.45) is 13.0 Å². The molecular weight excluding hydrogens is 641 g/mol. The SMILES string of the molecule is CC1Cc2cc3c(=O)n(-c4nccc(-c5cc(Nc6ccc(N7CCN(C8COC8)C[C@@H]7C)cn6)c(=O)n(C)c5)c4CO)ccn3c2C1.S. The lowest BCUT2D eigenvalue weighted by molar-refractivity contribution is -0.0691.